The Morgan fingerprint density at radius 1 is 0.931 bits per heavy atom. The minimum atomic E-state index is -0.924. The summed E-state index contributed by atoms with van der Waals surface area (Å²) in [6, 6.07) is 13.9. The van der Waals surface area contributed by atoms with Gasteiger partial charge in [-0.05, 0) is 32.8 Å². The summed E-state index contributed by atoms with van der Waals surface area (Å²) in [6.45, 7) is 3.50. The number of carbonyl (C=O) groups is 3. The number of benzene rings is 2. The van der Waals surface area contributed by atoms with Gasteiger partial charge in [0.05, 0.1) is 5.56 Å². The number of hydrogen-bond acceptors (Lipinski definition) is 4. The van der Waals surface area contributed by atoms with Gasteiger partial charge in [0.1, 0.15) is 0 Å². The summed E-state index contributed by atoms with van der Waals surface area (Å²) >= 11 is 0. The van der Waals surface area contributed by atoms with E-state index in [0.717, 1.165) is 31.2 Å². The third-order valence-electron chi connectivity index (χ3n) is 5.31. The molecule has 29 heavy (non-hydrogen) atoms. The van der Waals surface area contributed by atoms with Gasteiger partial charge in [-0.2, -0.15) is 0 Å². The number of hydrogen-bond donors (Lipinski definition) is 1. The molecule has 0 aliphatic heterocycles. The van der Waals surface area contributed by atoms with Crippen molar-refractivity contribution in [2.24, 2.45) is 0 Å². The molecule has 0 bridgehead atoms. The van der Waals surface area contributed by atoms with E-state index in [1.807, 2.05) is 19.1 Å². The van der Waals surface area contributed by atoms with Crippen molar-refractivity contribution < 1.29 is 19.1 Å². The Hall–Kier alpha value is -2.95. The Balaban J connectivity index is 1.70. The number of carbonyl (C=O) groups excluding carboxylic acids is 3. The van der Waals surface area contributed by atoms with Crippen LogP contribution in [0.3, 0.4) is 0 Å². The van der Waals surface area contributed by atoms with Gasteiger partial charge in [-0.15, -0.1) is 0 Å². The molecule has 1 N–H and O–H groups in total. The summed E-state index contributed by atoms with van der Waals surface area (Å²) in [5.74, 6) is -1.23. The number of nitrogens with one attached hydrogen (secondary N) is 1. The van der Waals surface area contributed by atoms with Crippen LogP contribution in [0.15, 0.2) is 48.5 Å². The molecule has 1 aliphatic carbocycles. The second-order valence-electron chi connectivity index (χ2n) is 7.63. The monoisotopic (exact) mass is 393 g/mol. The van der Waals surface area contributed by atoms with Crippen LogP contribution in [0.5, 0.6) is 0 Å². The van der Waals surface area contributed by atoms with Crippen LogP contribution in [0, 0.1) is 6.92 Å². The van der Waals surface area contributed by atoms with E-state index in [1.165, 1.54) is 6.42 Å². The first-order valence-electron chi connectivity index (χ1n) is 10.2. The Kier molecular flexibility index (Phi) is 6.81. The van der Waals surface area contributed by atoms with Crippen molar-refractivity contribution >= 4 is 17.7 Å². The van der Waals surface area contributed by atoms with Gasteiger partial charge in [0.2, 0.25) is 0 Å². The lowest BCUT2D eigenvalue weighted by atomic mass is 9.95. The zero-order valence-corrected chi connectivity index (χ0v) is 16.9. The summed E-state index contributed by atoms with van der Waals surface area (Å²) < 4.78 is 5.38. The molecule has 1 unspecified atom stereocenters. The maximum atomic E-state index is 12.9. The van der Waals surface area contributed by atoms with Gasteiger partial charge >= 0.3 is 5.97 Å². The number of ketones is 1. The Bertz CT molecular complexity index is 882. The molecule has 0 spiro atoms. The number of esters is 1. The summed E-state index contributed by atoms with van der Waals surface area (Å²) in [6.07, 6.45) is 4.40. The van der Waals surface area contributed by atoms with Crippen LogP contribution in [-0.4, -0.2) is 29.8 Å². The molecule has 0 heterocycles. The molecule has 152 valence electrons. The lowest BCUT2D eigenvalue weighted by Crippen LogP contribution is -2.42. The van der Waals surface area contributed by atoms with Gasteiger partial charge in [-0.25, -0.2) is 4.79 Å². The second kappa shape index (κ2) is 9.50. The number of rotatable bonds is 6. The lowest BCUT2D eigenvalue weighted by Gasteiger charge is -2.24. The summed E-state index contributed by atoms with van der Waals surface area (Å²) in [5, 5.41) is 2.96. The zero-order valence-electron chi connectivity index (χ0n) is 16.9. The minimum absolute atomic E-state index is 0.146. The second-order valence-corrected chi connectivity index (χ2v) is 7.63. The van der Waals surface area contributed by atoms with Gasteiger partial charge in [0.25, 0.3) is 5.91 Å². The van der Waals surface area contributed by atoms with Crippen LogP contribution in [-0.2, 0) is 9.53 Å². The third kappa shape index (κ3) is 5.31. The Morgan fingerprint density at radius 2 is 1.55 bits per heavy atom. The van der Waals surface area contributed by atoms with E-state index in [9.17, 15) is 14.4 Å². The molecule has 0 radical (unpaired) electrons. The van der Waals surface area contributed by atoms with Gasteiger partial charge in [-0.1, -0.05) is 67.3 Å². The minimum Gasteiger partial charge on any atom is -0.449 e. The van der Waals surface area contributed by atoms with Crippen LogP contribution in [0.25, 0.3) is 0 Å². The van der Waals surface area contributed by atoms with E-state index in [1.54, 1.807) is 43.3 Å². The van der Waals surface area contributed by atoms with E-state index in [0.29, 0.717) is 5.56 Å². The third-order valence-corrected chi connectivity index (χ3v) is 5.31. The molecule has 1 atom stereocenters. The van der Waals surface area contributed by atoms with Crippen LogP contribution in [0.4, 0.5) is 0 Å². The fraction of sp³-hybridized carbons (Fsp3) is 0.375. The Labute approximate surface area is 171 Å². The predicted molar refractivity (Wildman–Crippen MR) is 111 cm³/mol. The molecular weight excluding hydrogens is 366 g/mol. The maximum absolute atomic E-state index is 12.9. The predicted octanol–water partition coefficient (Wildman–Crippen LogP) is 4.22. The van der Waals surface area contributed by atoms with Crippen LogP contribution in [0.1, 0.15) is 70.9 Å². The first-order chi connectivity index (χ1) is 14.0. The SMILES string of the molecule is Cc1ccc(C(=O)c2ccccc2C(=O)OC(C)C(=O)NC2CCCCC2)cc1. The molecule has 0 aromatic heterocycles. The highest BCUT2D eigenvalue weighted by Gasteiger charge is 2.25. The largest absolute Gasteiger partial charge is 0.449 e. The van der Waals surface area contributed by atoms with Gasteiger partial charge in [0.15, 0.2) is 11.9 Å². The standard InChI is InChI=1S/C24H27NO4/c1-16-12-14-18(15-13-16)22(26)20-10-6-7-11-21(20)24(28)29-17(2)23(27)25-19-8-4-3-5-9-19/h6-7,10-15,17,19H,3-5,8-9H2,1-2H3,(H,25,27). The average Bonchev–Trinajstić information content (AvgIpc) is 2.74. The average molecular weight is 393 g/mol. The fourth-order valence-corrected chi connectivity index (χ4v) is 3.56. The molecule has 1 fully saturated rings. The molecular formula is C24H27NO4. The Morgan fingerprint density at radius 3 is 2.21 bits per heavy atom. The molecule has 0 saturated heterocycles. The number of aryl methyl sites for hydroxylation is 1. The number of amides is 1. The molecule has 1 saturated carbocycles. The van der Waals surface area contributed by atoms with Crippen molar-refractivity contribution in [2.75, 3.05) is 0 Å². The molecule has 5 nitrogen and oxygen atoms in total. The van der Waals surface area contributed by atoms with Crippen molar-refractivity contribution in [3.05, 3.63) is 70.8 Å². The van der Waals surface area contributed by atoms with Crippen molar-refractivity contribution in [1.82, 2.24) is 5.32 Å². The lowest BCUT2D eigenvalue weighted by molar-refractivity contribution is -0.130. The smallest absolute Gasteiger partial charge is 0.339 e. The van der Waals surface area contributed by atoms with Crippen LogP contribution < -0.4 is 5.32 Å². The van der Waals surface area contributed by atoms with Crippen molar-refractivity contribution in [2.45, 2.75) is 58.1 Å². The number of ether oxygens (including phenoxy) is 1. The molecule has 2 aromatic carbocycles. The highest BCUT2D eigenvalue weighted by Crippen LogP contribution is 2.19. The van der Waals surface area contributed by atoms with E-state index in [-0.39, 0.29) is 28.9 Å². The molecule has 1 amide bonds. The fourth-order valence-electron chi connectivity index (χ4n) is 3.56. The topological polar surface area (TPSA) is 72.5 Å². The molecule has 2 aromatic rings. The van der Waals surface area contributed by atoms with E-state index in [4.69, 9.17) is 4.74 Å². The van der Waals surface area contributed by atoms with Gasteiger partial charge < -0.3 is 10.1 Å². The van der Waals surface area contributed by atoms with Crippen molar-refractivity contribution in [3.8, 4) is 0 Å². The molecule has 3 rings (SSSR count). The van der Waals surface area contributed by atoms with Crippen LogP contribution >= 0.6 is 0 Å². The molecule has 1 aliphatic rings. The van der Waals surface area contributed by atoms with E-state index < -0.39 is 12.1 Å². The summed E-state index contributed by atoms with van der Waals surface area (Å²) in [5.41, 5.74) is 1.97. The van der Waals surface area contributed by atoms with E-state index in [2.05, 4.69) is 5.32 Å². The highest BCUT2D eigenvalue weighted by atomic mass is 16.5. The first kappa shape index (κ1) is 20.8. The highest BCUT2D eigenvalue weighted by molar-refractivity contribution is 6.14. The van der Waals surface area contributed by atoms with Crippen LogP contribution in [0.2, 0.25) is 0 Å². The van der Waals surface area contributed by atoms with Gasteiger partial charge in [0, 0.05) is 17.2 Å². The quantitative estimate of drug-likeness (QED) is 0.589. The normalized spacial score (nSPS) is 15.4. The van der Waals surface area contributed by atoms with Gasteiger partial charge in [-0.3, -0.25) is 9.59 Å². The van der Waals surface area contributed by atoms with E-state index >= 15 is 0 Å². The maximum Gasteiger partial charge on any atom is 0.339 e. The zero-order chi connectivity index (χ0) is 20.8. The van der Waals surface area contributed by atoms with Crippen molar-refractivity contribution in [1.29, 1.82) is 0 Å². The first-order valence-corrected chi connectivity index (χ1v) is 10.2. The summed E-state index contributed by atoms with van der Waals surface area (Å²) in [7, 11) is 0. The van der Waals surface area contributed by atoms with Crippen molar-refractivity contribution in [3.63, 3.8) is 0 Å². The summed E-state index contributed by atoms with van der Waals surface area (Å²) in [4.78, 5) is 38.0. The molecule has 5 heteroatoms.